The molecule has 5 rings (SSSR count). The van der Waals surface area contributed by atoms with Gasteiger partial charge in [-0.1, -0.05) is 12.8 Å². The number of halogens is 1. The maximum atomic E-state index is 13.1. The van der Waals surface area contributed by atoms with Crippen molar-refractivity contribution in [2.24, 2.45) is 40.9 Å². The molecule has 0 amide bonds. The molecular formula is C24H32ClN3O2. The van der Waals surface area contributed by atoms with Crippen molar-refractivity contribution in [1.29, 1.82) is 0 Å². The predicted molar refractivity (Wildman–Crippen MR) is 114 cm³/mol. The third-order valence-corrected chi connectivity index (χ3v) is 9.54. The van der Waals surface area contributed by atoms with Crippen molar-refractivity contribution in [3.05, 3.63) is 12.4 Å². The molecule has 0 radical (unpaired) electrons. The summed E-state index contributed by atoms with van der Waals surface area (Å²) in [6, 6.07) is 0. The summed E-state index contributed by atoms with van der Waals surface area (Å²) in [5.41, 5.74) is -0.762. The molecule has 1 aromatic rings. The van der Waals surface area contributed by atoms with Crippen LogP contribution in [0.25, 0.3) is 0 Å². The number of Topliss-reactive ketones (excluding diaryl/α,β-unsaturated/α-hetero) is 1. The lowest BCUT2D eigenvalue weighted by molar-refractivity contribution is -0.132. The highest BCUT2D eigenvalue weighted by Crippen LogP contribution is 2.64. The summed E-state index contributed by atoms with van der Waals surface area (Å²) >= 11 is 5.61. The molecule has 30 heavy (non-hydrogen) atoms. The summed E-state index contributed by atoms with van der Waals surface area (Å²) in [4.78, 5) is 14.7. The quantitative estimate of drug-likeness (QED) is 0.736. The molecule has 6 heteroatoms. The Morgan fingerprint density at radius 2 is 1.87 bits per heavy atom. The first-order valence-corrected chi connectivity index (χ1v) is 12.0. The molecule has 4 aliphatic carbocycles. The second kappa shape index (κ2) is 7.64. The standard InChI is InChI=1S/C24H32ClN3O2/c1-23-8-6-18-17-7-9-24(30,10-11-25)14-16(17)2-3-19(18)20(23)4-5-21(23)22(29)15-28-26-12-13-27-28/h12-13,16-21,30H,2-9,14-15H2,1H3/t16-,17+,18-,19-,20+,21-,23+,24-/m1/s1. The molecule has 4 saturated carbocycles. The lowest BCUT2D eigenvalue weighted by Crippen LogP contribution is -2.51. The Morgan fingerprint density at radius 3 is 2.63 bits per heavy atom. The number of rotatable bonds is 3. The van der Waals surface area contributed by atoms with Gasteiger partial charge in [0.1, 0.15) is 12.1 Å². The van der Waals surface area contributed by atoms with E-state index in [-0.39, 0.29) is 11.3 Å². The fraction of sp³-hybridized carbons (Fsp3) is 0.792. The molecule has 5 nitrogen and oxygen atoms in total. The topological polar surface area (TPSA) is 68.0 Å². The zero-order valence-corrected chi connectivity index (χ0v) is 18.5. The monoisotopic (exact) mass is 429 g/mol. The highest BCUT2D eigenvalue weighted by Gasteiger charge is 2.58. The predicted octanol–water partition coefficient (Wildman–Crippen LogP) is 4.05. The summed E-state index contributed by atoms with van der Waals surface area (Å²) < 4.78 is 0. The van der Waals surface area contributed by atoms with Crippen molar-refractivity contribution in [3.63, 3.8) is 0 Å². The van der Waals surface area contributed by atoms with E-state index in [1.807, 2.05) is 0 Å². The Kier molecular flexibility index (Phi) is 5.22. The fourth-order valence-corrected chi connectivity index (χ4v) is 8.36. The van der Waals surface area contributed by atoms with E-state index in [1.165, 1.54) is 30.5 Å². The lowest BCUT2D eigenvalue weighted by atomic mass is 9.49. The van der Waals surface area contributed by atoms with E-state index in [1.54, 1.807) is 12.4 Å². The second-order valence-corrected chi connectivity index (χ2v) is 10.8. The first-order valence-electron chi connectivity index (χ1n) is 11.7. The molecule has 4 fully saturated rings. The highest BCUT2D eigenvalue weighted by molar-refractivity contribution is 6.30. The van der Waals surface area contributed by atoms with Crippen molar-refractivity contribution in [2.45, 2.75) is 76.9 Å². The zero-order chi connectivity index (χ0) is 20.9. The molecule has 0 aliphatic heterocycles. The Morgan fingerprint density at radius 1 is 1.10 bits per heavy atom. The van der Waals surface area contributed by atoms with Gasteiger partial charge in [-0.2, -0.15) is 15.0 Å². The van der Waals surface area contributed by atoms with Gasteiger partial charge >= 0.3 is 0 Å². The van der Waals surface area contributed by atoms with Crippen LogP contribution in [0.3, 0.4) is 0 Å². The van der Waals surface area contributed by atoms with Crippen LogP contribution in [0, 0.1) is 52.2 Å². The number of carbonyl (C=O) groups excluding carboxylic acids is 1. The van der Waals surface area contributed by atoms with Crippen LogP contribution in [0.2, 0.25) is 0 Å². The normalized spacial score (nSPS) is 44.9. The van der Waals surface area contributed by atoms with Crippen LogP contribution >= 0.6 is 11.6 Å². The second-order valence-electron chi connectivity index (χ2n) is 10.6. The van der Waals surface area contributed by atoms with E-state index in [2.05, 4.69) is 28.4 Å². The summed E-state index contributed by atoms with van der Waals surface area (Å²) in [6.07, 6.45) is 12.9. The third kappa shape index (κ3) is 3.31. The molecule has 0 spiro atoms. The minimum atomic E-state index is -0.885. The Hall–Kier alpha value is -1.38. The van der Waals surface area contributed by atoms with Crippen molar-refractivity contribution in [2.75, 3.05) is 0 Å². The highest BCUT2D eigenvalue weighted by atomic mass is 35.5. The van der Waals surface area contributed by atoms with E-state index in [0.29, 0.717) is 30.1 Å². The smallest absolute Gasteiger partial charge is 0.159 e. The summed E-state index contributed by atoms with van der Waals surface area (Å²) in [6.45, 7) is 2.70. The van der Waals surface area contributed by atoms with Gasteiger partial charge in [0.05, 0.1) is 12.4 Å². The molecule has 8 atom stereocenters. The van der Waals surface area contributed by atoms with Crippen molar-refractivity contribution in [3.8, 4) is 11.3 Å². The number of fused-ring (bicyclic) bond motifs is 5. The van der Waals surface area contributed by atoms with Crippen molar-refractivity contribution < 1.29 is 9.90 Å². The first-order chi connectivity index (χ1) is 14.4. The Bertz CT molecular complexity index is 862. The van der Waals surface area contributed by atoms with Gasteiger partial charge in [0.2, 0.25) is 0 Å². The Balaban J connectivity index is 1.31. The van der Waals surface area contributed by atoms with E-state index in [0.717, 1.165) is 43.9 Å². The van der Waals surface area contributed by atoms with E-state index in [4.69, 9.17) is 11.6 Å². The van der Waals surface area contributed by atoms with Crippen molar-refractivity contribution >= 4 is 17.4 Å². The molecule has 162 valence electrons. The number of hydrogen-bond donors (Lipinski definition) is 1. The van der Waals surface area contributed by atoms with Crippen LogP contribution in [0.4, 0.5) is 0 Å². The fourth-order valence-electron chi connectivity index (χ4n) is 8.18. The number of aromatic nitrogens is 3. The third-order valence-electron chi connectivity index (χ3n) is 9.44. The maximum Gasteiger partial charge on any atom is 0.159 e. The number of carbonyl (C=O) groups is 1. The lowest BCUT2D eigenvalue weighted by Gasteiger charge is -2.56. The maximum absolute atomic E-state index is 13.1. The molecule has 0 bridgehead atoms. The minimum absolute atomic E-state index is 0.123. The van der Waals surface area contributed by atoms with Gasteiger partial charge in [0, 0.05) is 11.3 Å². The van der Waals surface area contributed by atoms with Gasteiger partial charge in [-0.15, -0.1) is 0 Å². The van der Waals surface area contributed by atoms with E-state index in [9.17, 15) is 9.90 Å². The average molecular weight is 430 g/mol. The molecular weight excluding hydrogens is 398 g/mol. The number of aliphatic hydroxyl groups is 1. The number of ketones is 1. The van der Waals surface area contributed by atoms with Crippen molar-refractivity contribution in [1.82, 2.24) is 15.0 Å². The first kappa shape index (κ1) is 20.5. The van der Waals surface area contributed by atoms with E-state index < -0.39 is 5.60 Å². The van der Waals surface area contributed by atoms with Crippen LogP contribution < -0.4 is 0 Å². The van der Waals surface area contributed by atoms with Crippen LogP contribution in [0.5, 0.6) is 0 Å². The molecule has 1 heterocycles. The Labute approximate surface area is 183 Å². The molecule has 1 aromatic heterocycles. The summed E-state index contributed by atoms with van der Waals surface area (Å²) in [5.74, 6) is 6.72. The van der Waals surface area contributed by atoms with Gasteiger partial charge < -0.3 is 5.11 Å². The number of hydrogen-bond acceptors (Lipinski definition) is 4. The summed E-state index contributed by atoms with van der Waals surface area (Å²) in [7, 11) is 0. The van der Waals surface area contributed by atoms with Crippen LogP contribution in [-0.2, 0) is 11.3 Å². The van der Waals surface area contributed by atoms with Crippen LogP contribution in [-0.4, -0.2) is 31.5 Å². The zero-order valence-electron chi connectivity index (χ0n) is 17.8. The van der Waals surface area contributed by atoms with Crippen LogP contribution in [0.1, 0.15) is 64.7 Å². The van der Waals surface area contributed by atoms with Gasteiger partial charge in [-0.3, -0.25) is 4.79 Å². The SMILES string of the molecule is C[C@]12CC[C@H]3[C@@H](CC[C@@H]4C[C@](O)(C#CCl)CC[C@@H]43)[C@@H]1CC[C@@H]2C(=O)Cn1nccn1. The molecule has 0 saturated heterocycles. The van der Waals surface area contributed by atoms with Gasteiger partial charge in [0.15, 0.2) is 5.78 Å². The van der Waals surface area contributed by atoms with Crippen LogP contribution in [0.15, 0.2) is 12.4 Å². The van der Waals surface area contributed by atoms with Gasteiger partial charge in [-0.25, -0.2) is 0 Å². The van der Waals surface area contributed by atoms with Gasteiger partial charge in [0.25, 0.3) is 0 Å². The molecule has 4 aliphatic rings. The average Bonchev–Trinajstić information content (AvgIpc) is 3.34. The summed E-state index contributed by atoms with van der Waals surface area (Å²) in [5, 5.41) is 21.5. The molecule has 1 N–H and O–H groups in total. The van der Waals surface area contributed by atoms with Gasteiger partial charge in [-0.05, 0) is 104 Å². The van der Waals surface area contributed by atoms with E-state index >= 15 is 0 Å². The number of nitrogens with zero attached hydrogens (tertiary/aromatic N) is 3. The minimum Gasteiger partial charge on any atom is -0.378 e. The largest absolute Gasteiger partial charge is 0.378 e. The molecule has 0 aromatic carbocycles. The molecule has 0 unspecified atom stereocenters.